The molecule has 3 aromatic heterocycles. The third-order valence-corrected chi connectivity index (χ3v) is 5.06. The van der Waals surface area contributed by atoms with E-state index in [-0.39, 0.29) is 0 Å². The van der Waals surface area contributed by atoms with Crippen LogP contribution in [0.1, 0.15) is 5.69 Å². The van der Waals surface area contributed by atoms with Gasteiger partial charge in [-0.1, -0.05) is 12.1 Å². The first-order chi connectivity index (χ1) is 13.2. The first-order valence-electron chi connectivity index (χ1n) is 8.49. The Morgan fingerprint density at radius 2 is 1.63 bits per heavy atom. The predicted molar refractivity (Wildman–Crippen MR) is 110 cm³/mol. The molecular formula is C21H18N4OS. The van der Waals surface area contributed by atoms with Crippen molar-refractivity contribution in [2.24, 2.45) is 0 Å². The van der Waals surface area contributed by atoms with E-state index in [0.29, 0.717) is 0 Å². The molecule has 1 aromatic carbocycles. The van der Waals surface area contributed by atoms with E-state index >= 15 is 0 Å². The van der Waals surface area contributed by atoms with Gasteiger partial charge in [0.25, 0.3) is 0 Å². The van der Waals surface area contributed by atoms with Crippen molar-refractivity contribution in [1.82, 2.24) is 15.0 Å². The van der Waals surface area contributed by atoms with Gasteiger partial charge in [-0.2, -0.15) is 0 Å². The molecule has 3 heterocycles. The fourth-order valence-electron chi connectivity index (χ4n) is 2.65. The van der Waals surface area contributed by atoms with E-state index in [1.807, 2.05) is 73.8 Å². The van der Waals surface area contributed by atoms with Crippen LogP contribution in [-0.4, -0.2) is 22.1 Å². The third kappa shape index (κ3) is 3.96. The molecule has 0 saturated carbocycles. The number of rotatable bonds is 5. The second kappa shape index (κ2) is 7.55. The third-order valence-electron chi connectivity index (χ3n) is 3.99. The molecule has 4 aromatic rings. The number of thiazole rings is 1. The van der Waals surface area contributed by atoms with Crippen LogP contribution in [0.2, 0.25) is 0 Å². The highest BCUT2D eigenvalue weighted by Crippen LogP contribution is 2.32. The van der Waals surface area contributed by atoms with Gasteiger partial charge >= 0.3 is 0 Å². The molecule has 6 heteroatoms. The molecule has 1 N–H and O–H groups in total. The van der Waals surface area contributed by atoms with Gasteiger partial charge in [0, 0.05) is 17.5 Å². The summed E-state index contributed by atoms with van der Waals surface area (Å²) in [6.07, 6.45) is 1.86. The summed E-state index contributed by atoms with van der Waals surface area (Å²) in [6.45, 7) is 1.97. The maximum atomic E-state index is 5.21. The molecule has 5 nitrogen and oxygen atoms in total. The van der Waals surface area contributed by atoms with E-state index in [4.69, 9.17) is 9.72 Å². The van der Waals surface area contributed by atoms with Crippen LogP contribution in [-0.2, 0) is 0 Å². The van der Waals surface area contributed by atoms with E-state index in [2.05, 4.69) is 15.3 Å². The quantitative estimate of drug-likeness (QED) is 0.512. The van der Waals surface area contributed by atoms with Crippen molar-refractivity contribution in [3.8, 4) is 26.9 Å². The van der Waals surface area contributed by atoms with E-state index in [9.17, 15) is 0 Å². The molecule has 27 heavy (non-hydrogen) atoms. The van der Waals surface area contributed by atoms with Gasteiger partial charge < -0.3 is 10.1 Å². The van der Waals surface area contributed by atoms with E-state index < -0.39 is 0 Å². The van der Waals surface area contributed by atoms with Gasteiger partial charge in [-0.25, -0.2) is 15.0 Å². The van der Waals surface area contributed by atoms with Gasteiger partial charge in [0.15, 0.2) is 0 Å². The average molecular weight is 374 g/mol. The highest BCUT2D eigenvalue weighted by atomic mass is 32.1. The van der Waals surface area contributed by atoms with Gasteiger partial charge in [-0.15, -0.1) is 11.3 Å². The van der Waals surface area contributed by atoms with Crippen molar-refractivity contribution in [3.05, 3.63) is 72.6 Å². The molecule has 0 spiro atoms. The highest BCUT2D eigenvalue weighted by Gasteiger charge is 2.09. The molecule has 0 atom stereocenters. The number of pyridine rings is 2. The van der Waals surface area contributed by atoms with Gasteiger partial charge in [0.2, 0.25) is 0 Å². The number of methoxy groups -OCH3 is 1. The first kappa shape index (κ1) is 17.2. The fraction of sp³-hybridized carbons (Fsp3) is 0.0952. The summed E-state index contributed by atoms with van der Waals surface area (Å²) in [4.78, 5) is 14.7. The minimum absolute atomic E-state index is 0.755. The SMILES string of the molecule is COc1ccc(-c2ncc(-c3cccc(Nc4cccc(C)n4)n3)s2)cc1. The van der Waals surface area contributed by atoms with Gasteiger partial charge in [0.05, 0.1) is 17.7 Å². The number of aryl methyl sites for hydroxylation is 1. The van der Waals surface area contributed by atoms with Gasteiger partial charge in [0.1, 0.15) is 22.4 Å². The normalized spacial score (nSPS) is 10.6. The van der Waals surface area contributed by atoms with E-state index in [1.165, 1.54) is 0 Å². The molecule has 0 aliphatic rings. The Bertz CT molecular complexity index is 1060. The predicted octanol–water partition coefficient (Wildman–Crippen LogP) is 5.33. The Morgan fingerprint density at radius 1 is 0.889 bits per heavy atom. The number of hydrogen-bond donors (Lipinski definition) is 1. The lowest BCUT2D eigenvalue weighted by Gasteiger charge is -2.06. The number of nitrogens with zero attached hydrogens (tertiary/aromatic N) is 3. The molecule has 0 unspecified atom stereocenters. The van der Waals surface area contributed by atoms with Crippen LogP contribution in [0, 0.1) is 6.92 Å². The second-order valence-corrected chi connectivity index (χ2v) is 6.99. The molecular weight excluding hydrogens is 356 g/mol. The van der Waals surface area contributed by atoms with Crippen molar-refractivity contribution in [3.63, 3.8) is 0 Å². The van der Waals surface area contributed by atoms with Gasteiger partial charge in [-0.05, 0) is 55.5 Å². The zero-order valence-corrected chi connectivity index (χ0v) is 15.8. The second-order valence-electron chi connectivity index (χ2n) is 5.96. The number of aromatic nitrogens is 3. The Balaban J connectivity index is 1.58. The lowest BCUT2D eigenvalue weighted by Crippen LogP contribution is -1.97. The molecule has 0 bridgehead atoms. The zero-order valence-electron chi connectivity index (χ0n) is 15.0. The molecule has 0 amide bonds. The molecule has 0 aliphatic heterocycles. The van der Waals surface area contributed by atoms with Crippen LogP contribution in [0.3, 0.4) is 0 Å². The summed E-state index contributed by atoms with van der Waals surface area (Å²) in [5.41, 5.74) is 2.90. The number of hydrogen-bond acceptors (Lipinski definition) is 6. The van der Waals surface area contributed by atoms with E-state index in [0.717, 1.165) is 44.2 Å². The highest BCUT2D eigenvalue weighted by molar-refractivity contribution is 7.18. The molecule has 4 rings (SSSR count). The average Bonchev–Trinajstić information content (AvgIpc) is 3.19. The lowest BCUT2D eigenvalue weighted by molar-refractivity contribution is 0.415. The maximum Gasteiger partial charge on any atom is 0.132 e. The van der Waals surface area contributed by atoms with Crippen molar-refractivity contribution in [1.29, 1.82) is 0 Å². The number of nitrogens with one attached hydrogen (secondary N) is 1. The van der Waals surface area contributed by atoms with Crippen LogP contribution in [0.4, 0.5) is 11.6 Å². The Morgan fingerprint density at radius 3 is 2.37 bits per heavy atom. The Hall–Kier alpha value is -3.25. The number of benzene rings is 1. The summed E-state index contributed by atoms with van der Waals surface area (Å²) in [7, 11) is 1.66. The largest absolute Gasteiger partial charge is 0.497 e. The maximum absolute atomic E-state index is 5.21. The molecule has 0 radical (unpaired) electrons. The van der Waals surface area contributed by atoms with Crippen molar-refractivity contribution < 1.29 is 4.74 Å². The van der Waals surface area contributed by atoms with Gasteiger partial charge in [-0.3, -0.25) is 0 Å². The van der Waals surface area contributed by atoms with Crippen LogP contribution in [0.15, 0.2) is 66.9 Å². The standard InChI is InChI=1S/C21H18N4OS/c1-14-5-3-7-19(23-14)25-20-8-4-6-17(24-20)18-13-22-21(27-18)15-9-11-16(26-2)12-10-15/h3-13H,1-2H3,(H,23,24,25). The molecule has 0 fully saturated rings. The number of ether oxygens (including phenoxy) is 1. The van der Waals surface area contributed by atoms with Crippen molar-refractivity contribution >= 4 is 23.0 Å². The Labute approximate surface area is 161 Å². The summed E-state index contributed by atoms with van der Waals surface area (Å²) in [5, 5.41) is 4.21. The lowest BCUT2D eigenvalue weighted by atomic mass is 10.2. The van der Waals surface area contributed by atoms with Crippen LogP contribution in [0.5, 0.6) is 5.75 Å². The smallest absolute Gasteiger partial charge is 0.132 e. The summed E-state index contributed by atoms with van der Waals surface area (Å²) in [5.74, 6) is 2.37. The minimum atomic E-state index is 0.755. The van der Waals surface area contributed by atoms with Crippen LogP contribution < -0.4 is 10.1 Å². The Kier molecular flexibility index (Phi) is 4.80. The molecule has 0 aliphatic carbocycles. The van der Waals surface area contributed by atoms with Crippen molar-refractivity contribution in [2.45, 2.75) is 6.92 Å². The van der Waals surface area contributed by atoms with E-state index in [1.54, 1.807) is 18.4 Å². The topological polar surface area (TPSA) is 59.9 Å². The minimum Gasteiger partial charge on any atom is -0.497 e. The monoisotopic (exact) mass is 374 g/mol. The summed E-state index contributed by atoms with van der Waals surface area (Å²) >= 11 is 1.61. The summed E-state index contributed by atoms with van der Waals surface area (Å²) in [6, 6.07) is 19.7. The molecule has 134 valence electrons. The number of anilines is 2. The summed E-state index contributed by atoms with van der Waals surface area (Å²) < 4.78 is 5.21. The zero-order chi connectivity index (χ0) is 18.6. The van der Waals surface area contributed by atoms with Crippen LogP contribution in [0.25, 0.3) is 21.1 Å². The van der Waals surface area contributed by atoms with Crippen LogP contribution >= 0.6 is 11.3 Å². The van der Waals surface area contributed by atoms with Crippen molar-refractivity contribution in [2.75, 3.05) is 12.4 Å². The fourth-order valence-corrected chi connectivity index (χ4v) is 3.54. The first-order valence-corrected chi connectivity index (χ1v) is 9.31. The molecule has 0 saturated heterocycles.